The van der Waals surface area contributed by atoms with E-state index in [1.807, 2.05) is 13.8 Å². The summed E-state index contributed by atoms with van der Waals surface area (Å²) < 4.78 is 0. The van der Waals surface area contributed by atoms with E-state index in [-0.39, 0.29) is 0 Å². The third kappa shape index (κ3) is 5.43. The zero-order valence-corrected chi connectivity index (χ0v) is 13.9. The van der Waals surface area contributed by atoms with E-state index in [0.29, 0.717) is 0 Å². The summed E-state index contributed by atoms with van der Waals surface area (Å²) >= 11 is 0. The van der Waals surface area contributed by atoms with E-state index < -0.39 is 0 Å². The molecule has 0 nitrogen and oxygen atoms in total. The normalized spacial score (nSPS) is 9.19. The highest BCUT2D eigenvalue weighted by molar-refractivity contribution is 5.81. The molecule has 0 unspecified atom stereocenters. The van der Waals surface area contributed by atoms with Gasteiger partial charge in [0.25, 0.3) is 0 Å². The van der Waals surface area contributed by atoms with Gasteiger partial charge in [0.1, 0.15) is 0 Å². The minimum absolute atomic E-state index is 1.31. The second kappa shape index (κ2) is 8.97. The second-order valence-electron chi connectivity index (χ2n) is 4.93. The molecule has 0 radical (unpaired) electrons. The molecule has 21 heavy (non-hydrogen) atoms. The Hall–Kier alpha value is -2.08. The third-order valence-electron chi connectivity index (χ3n) is 3.32. The van der Waals surface area contributed by atoms with Crippen molar-refractivity contribution in [2.24, 2.45) is 0 Å². The predicted octanol–water partition coefficient (Wildman–Crippen LogP) is 6.48. The van der Waals surface area contributed by atoms with E-state index in [0.717, 1.165) is 0 Å². The van der Waals surface area contributed by atoms with Gasteiger partial charge in [-0.05, 0) is 42.7 Å². The number of hydrogen-bond donors (Lipinski definition) is 0. The van der Waals surface area contributed by atoms with E-state index in [1.54, 1.807) is 0 Å². The van der Waals surface area contributed by atoms with Gasteiger partial charge >= 0.3 is 0 Å². The molecule has 0 fully saturated rings. The fourth-order valence-corrected chi connectivity index (χ4v) is 2.02. The van der Waals surface area contributed by atoms with Gasteiger partial charge in [0.15, 0.2) is 0 Å². The predicted molar refractivity (Wildman–Crippen MR) is 95.9 cm³/mol. The van der Waals surface area contributed by atoms with Crippen molar-refractivity contribution in [1.82, 2.24) is 0 Å². The van der Waals surface area contributed by atoms with Gasteiger partial charge in [0.05, 0.1) is 0 Å². The fraction of sp³-hybridized carbons (Fsp3) is 0.238. The lowest BCUT2D eigenvalue weighted by Gasteiger charge is -1.98. The van der Waals surface area contributed by atoms with Crippen LogP contribution in [0.15, 0.2) is 66.7 Å². The minimum atomic E-state index is 1.31. The molecule has 0 aromatic heterocycles. The third-order valence-corrected chi connectivity index (χ3v) is 3.32. The first kappa shape index (κ1) is 17.0. The Kier molecular flexibility index (Phi) is 7.25. The summed E-state index contributed by atoms with van der Waals surface area (Å²) in [5, 5.41) is 2.62. The van der Waals surface area contributed by atoms with Crippen molar-refractivity contribution in [2.45, 2.75) is 34.6 Å². The molecule has 0 saturated heterocycles. The number of rotatable bonds is 0. The highest BCUT2D eigenvalue weighted by Crippen LogP contribution is 2.11. The topological polar surface area (TPSA) is 0 Å². The van der Waals surface area contributed by atoms with Crippen molar-refractivity contribution >= 4 is 10.8 Å². The van der Waals surface area contributed by atoms with Crippen LogP contribution in [0, 0.1) is 20.8 Å². The summed E-state index contributed by atoms with van der Waals surface area (Å²) in [5.41, 5.74) is 4.11. The molecule has 0 heteroatoms. The van der Waals surface area contributed by atoms with Crippen molar-refractivity contribution in [1.29, 1.82) is 0 Å². The SMILES string of the molecule is CC.Cc1ccc(C)c(C)c1.c1ccc2ccccc2c1. The maximum absolute atomic E-state index is 2.20. The second-order valence-corrected chi connectivity index (χ2v) is 4.93. The summed E-state index contributed by atoms with van der Waals surface area (Å²) in [4.78, 5) is 0. The molecular formula is C21H26. The van der Waals surface area contributed by atoms with Crippen LogP contribution >= 0.6 is 0 Å². The van der Waals surface area contributed by atoms with E-state index in [9.17, 15) is 0 Å². The fourth-order valence-electron chi connectivity index (χ4n) is 2.02. The summed E-state index contributed by atoms with van der Waals surface area (Å²) in [6.07, 6.45) is 0. The maximum atomic E-state index is 2.20. The first-order chi connectivity index (χ1) is 10.2. The Labute approximate surface area is 129 Å². The monoisotopic (exact) mass is 278 g/mol. The lowest BCUT2D eigenvalue weighted by atomic mass is 10.1. The van der Waals surface area contributed by atoms with Crippen LogP contribution in [0.3, 0.4) is 0 Å². The highest BCUT2D eigenvalue weighted by Gasteiger charge is 1.89. The summed E-state index contributed by atoms with van der Waals surface area (Å²) in [7, 11) is 0. The van der Waals surface area contributed by atoms with E-state index in [1.165, 1.54) is 27.5 Å². The van der Waals surface area contributed by atoms with Crippen LogP contribution < -0.4 is 0 Å². The van der Waals surface area contributed by atoms with Gasteiger partial charge in [-0.2, -0.15) is 0 Å². The van der Waals surface area contributed by atoms with Gasteiger partial charge < -0.3 is 0 Å². The van der Waals surface area contributed by atoms with Crippen LogP contribution in [0.4, 0.5) is 0 Å². The van der Waals surface area contributed by atoms with Gasteiger partial charge in [-0.15, -0.1) is 0 Å². The minimum Gasteiger partial charge on any atom is -0.0683 e. The zero-order valence-electron chi connectivity index (χ0n) is 13.9. The molecule has 0 saturated carbocycles. The first-order valence-corrected chi connectivity index (χ1v) is 7.64. The number of hydrogen-bond acceptors (Lipinski definition) is 0. The Morgan fingerprint density at radius 2 is 0.952 bits per heavy atom. The van der Waals surface area contributed by atoms with Crippen molar-refractivity contribution < 1.29 is 0 Å². The van der Waals surface area contributed by atoms with Crippen molar-refractivity contribution in [3.63, 3.8) is 0 Å². The molecule has 3 aromatic rings. The van der Waals surface area contributed by atoms with Crippen LogP contribution in [0.25, 0.3) is 10.8 Å². The van der Waals surface area contributed by atoms with Crippen LogP contribution in [-0.2, 0) is 0 Å². The Balaban J connectivity index is 0.000000189. The van der Waals surface area contributed by atoms with Crippen LogP contribution in [-0.4, -0.2) is 0 Å². The lowest BCUT2D eigenvalue weighted by molar-refractivity contribution is 1.30. The molecule has 0 aliphatic carbocycles. The van der Waals surface area contributed by atoms with Crippen molar-refractivity contribution in [3.8, 4) is 0 Å². The van der Waals surface area contributed by atoms with Crippen LogP contribution in [0.1, 0.15) is 30.5 Å². The molecule has 0 aliphatic rings. The Morgan fingerprint density at radius 1 is 0.524 bits per heavy atom. The Morgan fingerprint density at radius 3 is 1.29 bits per heavy atom. The number of aryl methyl sites for hydroxylation is 3. The molecule has 3 aromatic carbocycles. The first-order valence-electron chi connectivity index (χ1n) is 7.64. The molecular weight excluding hydrogens is 252 g/mol. The molecule has 0 aliphatic heterocycles. The standard InChI is InChI=1S/C10H8.C9H12.C2H6/c1-2-6-10-8-4-3-7-9(10)5-1;1-7-4-5-8(2)9(3)6-7;1-2/h1-8H;4-6H,1-3H3;1-2H3. The van der Waals surface area contributed by atoms with Crippen molar-refractivity contribution in [2.75, 3.05) is 0 Å². The highest BCUT2D eigenvalue weighted by atomic mass is 13.9. The van der Waals surface area contributed by atoms with Gasteiger partial charge in [0, 0.05) is 0 Å². The molecule has 0 spiro atoms. The lowest BCUT2D eigenvalue weighted by Crippen LogP contribution is -1.79. The zero-order chi connectivity index (χ0) is 15.7. The molecule has 0 heterocycles. The quantitative estimate of drug-likeness (QED) is 0.441. The van der Waals surface area contributed by atoms with Gasteiger partial charge in [-0.3, -0.25) is 0 Å². The number of fused-ring (bicyclic) bond motifs is 1. The molecule has 110 valence electrons. The summed E-state index contributed by atoms with van der Waals surface area (Å²) in [6.45, 7) is 10.4. The van der Waals surface area contributed by atoms with E-state index in [2.05, 4.69) is 87.5 Å². The van der Waals surface area contributed by atoms with E-state index >= 15 is 0 Å². The average molecular weight is 278 g/mol. The van der Waals surface area contributed by atoms with Crippen LogP contribution in [0.2, 0.25) is 0 Å². The molecule has 0 amide bonds. The van der Waals surface area contributed by atoms with E-state index in [4.69, 9.17) is 0 Å². The number of benzene rings is 3. The van der Waals surface area contributed by atoms with Gasteiger partial charge in [0.2, 0.25) is 0 Å². The largest absolute Gasteiger partial charge is 0.0683 e. The van der Waals surface area contributed by atoms with Gasteiger partial charge in [-0.25, -0.2) is 0 Å². The molecule has 0 N–H and O–H groups in total. The van der Waals surface area contributed by atoms with Crippen molar-refractivity contribution in [3.05, 3.63) is 83.4 Å². The summed E-state index contributed by atoms with van der Waals surface area (Å²) in [6, 6.07) is 23.2. The summed E-state index contributed by atoms with van der Waals surface area (Å²) in [5.74, 6) is 0. The molecule has 3 rings (SSSR count). The van der Waals surface area contributed by atoms with Crippen LogP contribution in [0.5, 0.6) is 0 Å². The van der Waals surface area contributed by atoms with Gasteiger partial charge in [-0.1, -0.05) is 86.1 Å². The Bertz CT molecular complexity index is 600. The maximum Gasteiger partial charge on any atom is -0.0184 e. The molecule has 0 bridgehead atoms. The average Bonchev–Trinajstić information content (AvgIpc) is 2.54. The smallest absolute Gasteiger partial charge is 0.0184 e. The molecule has 0 atom stereocenters.